The van der Waals surface area contributed by atoms with Crippen LogP contribution in [0.5, 0.6) is 0 Å². The lowest BCUT2D eigenvalue weighted by atomic mass is 10.2. The zero-order valence-electron chi connectivity index (χ0n) is 15.1. The summed E-state index contributed by atoms with van der Waals surface area (Å²) < 4.78 is 5.75. The van der Waals surface area contributed by atoms with Crippen molar-refractivity contribution in [3.8, 4) is 0 Å². The predicted octanol–water partition coefficient (Wildman–Crippen LogP) is 6.96. The topological polar surface area (TPSA) is 34.0 Å². The van der Waals surface area contributed by atoms with E-state index in [0.717, 1.165) is 22.7 Å². The van der Waals surface area contributed by atoms with Crippen molar-refractivity contribution < 1.29 is 4.74 Å². The largest absolute Gasteiger partial charge is 0.489 e. The molecule has 0 aliphatic heterocycles. The number of hydrogen-bond acceptors (Lipinski definition) is 3. The van der Waals surface area contributed by atoms with Crippen molar-refractivity contribution in [2.24, 2.45) is 10.2 Å². The van der Waals surface area contributed by atoms with Crippen LogP contribution < -0.4 is 0 Å². The smallest absolute Gasteiger partial charge is 0.119 e. The van der Waals surface area contributed by atoms with Crippen molar-refractivity contribution >= 4 is 11.4 Å². The van der Waals surface area contributed by atoms with Crippen molar-refractivity contribution in [3.05, 3.63) is 95.8 Å². The van der Waals surface area contributed by atoms with Crippen LogP contribution in [0.2, 0.25) is 0 Å². The number of nitrogens with zero attached hydrogens (tertiary/aromatic N) is 2. The van der Waals surface area contributed by atoms with Crippen LogP contribution in [0.1, 0.15) is 25.0 Å². The van der Waals surface area contributed by atoms with Crippen LogP contribution >= 0.6 is 0 Å². The van der Waals surface area contributed by atoms with Gasteiger partial charge in [-0.1, -0.05) is 48.1 Å². The predicted molar refractivity (Wildman–Crippen MR) is 104 cm³/mol. The summed E-state index contributed by atoms with van der Waals surface area (Å²) in [6.07, 6.45) is 5.64. The minimum Gasteiger partial charge on any atom is -0.489 e. The molecule has 25 heavy (non-hydrogen) atoms. The molecule has 0 aliphatic carbocycles. The first-order chi connectivity index (χ1) is 12.1. The Morgan fingerprint density at radius 1 is 0.920 bits per heavy atom. The van der Waals surface area contributed by atoms with Gasteiger partial charge >= 0.3 is 0 Å². The first-order valence-corrected chi connectivity index (χ1v) is 8.24. The molecular weight excluding hydrogens is 308 g/mol. The molecule has 3 nitrogen and oxygen atoms in total. The van der Waals surface area contributed by atoms with Gasteiger partial charge in [-0.15, -0.1) is 0 Å². The van der Waals surface area contributed by atoms with E-state index in [0.29, 0.717) is 6.61 Å². The van der Waals surface area contributed by atoms with Crippen molar-refractivity contribution in [2.75, 3.05) is 0 Å². The van der Waals surface area contributed by atoms with Crippen molar-refractivity contribution in [1.82, 2.24) is 0 Å². The van der Waals surface area contributed by atoms with Gasteiger partial charge in [0.05, 0.1) is 11.4 Å². The third-order valence-electron chi connectivity index (χ3n) is 3.44. The third-order valence-corrected chi connectivity index (χ3v) is 3.44. The number of benzene rings is 2. The van der Waals surface area contributed by atoms with Gasteiger partial charge in [-0.05, 0) is 62.8 Å². The van der Waals surface area contributed by atoms with Crippen LogP contribution in [0.3, 0.4) is 0 Å². The molecule has 0 saturated carbocycles. The lowest BCUT2D eigenvalue weighted by Crippen LogP contribution is -1.91. The van der Waals surface area contributed by atoms with Crippen LogP contribution in [0, 0.1) is 6.92 Å². The highest BCUT2D eigenvalue weighted by Crippen LogP contribution is 2.19. The minimum atomic E-state index is 0.490. The maximum atomic E-state index is 5.75. The maximum absolute atomic E-state index is 5.75. The van der Waals surface area contributed by atoms with Crippen LogP contribution in [0.25, 0.3) is 0 Å². The highest BCUT2D eigenvalue weighted by molar-refractivity contribution is 5.41. The fourth-order valence-electron chi connectivity index (χ4n) is 1.98. The van der Waals surface area contributed by atoms with E-state index in [1.807, 2.05) is 81.5 Å². The molecule has 0 fully saturated rings. The van der Waals surface area contributed by atoms with E-state index in [4.69, 9.17) is 4.74 Å². The monoisotopic (exact) mass is 332 g/mol. The Morgan fingerprint density at radius 3 is 2.00 bits per heavy atom. The van der Waals surface area contributed by atoms with Crippen molar-refractivity contribution in [1.29, 1.82) is 0 Å². The molecule has 0 bridgehead atoms. The highest BCUT2D eigenvalue weighted by atomic mass is 16.5. The molecule has 2 aromatic carbocycles. The number of allylic oxidation sites excluding steroid dienone is 4. The molecule has 0 atom stereocenters. The average molecular weight is 332 g/mol. The summed E-state index contributed by atoms with van der Waals surface area (Å²) >= 11 is 0. The molecule has 2 aromatic rings. The van der Waals surface area contributed by atoms with Gasteiger partial charge < -0.3 is 4.74 Å². The van der Waals surface area contributed by atoms with Gasteiger partial charge in [-0.25, -0.2) is 0 Å². The molecule has 2 rings (SSSR count). The number of rotatable bonds is 7. The second kappa shape index (κ2) is 9.38. The number of hydrogen-bond donors (Lipinski definition) is 0. The molecule has 0 aromatic heterocycles. The normalized spacial score (nSPS) is 11.4. The number of azo groups is 1. The summed E-state index contributed by atoms with van der Waals surface area (Å²) in [5.74, 6) is 0.754. The van der Waals surface area contributed by atoms with Gasteiger partial charge in [0, 0.05) is 0 Å². The lowest BCUT2D eigenvalue weighted by molar-refractivity contribution is 0.211. The van der Waals surface area contributed by atoms with Crippen LogP contribution in [-0.2, 0) is 11.3 Å². The standard InChI is InChI=1S/C22H24N2O/c1-5-22(15-6-17(2)3)25-16-19-9-13-21(14-10-19)24-23-20-11-7-18(4)8-12-20/h5-15H,1,16H2,2-4H3/b22-15+,24-23?. The Bertz CT molecular complexity index is 778. The van der Waals surface area contributed by atoms with Gasteiger partial charge in [0.25, 0.3) is 0 Å². The zero-order valence-corrected chi connectivity index (χ0v) is 15.1. The first-order valence-electron chi connectivity index (χ1n) is 8.24. The fraction of sp³-hybridized carbons (Fsp3) is 0.182. The highest BCUT2D eigenvalue weighted by Gasteiger charge is 1.97. The molecule has 0 spiro atoms. The second-order valence-electron chi connectivity index (χ2n) is 6.01. The molecule has 0 unspecified atom stereocenters. The molecule has 0 N–H and O–H groups in total. The molecular formula is C22H24N2O. The zero-order chi connectivity index (χ0) is 18.1. The Hall–Kier alpha value is -2.94. The van der Waals surface area contributed by atoms with Gasteiger partial charge in [0.15, 0.2) is 0 Å². The Morgan fingerprint density at radius 2 is 1.48 bits per heavy atom. The van der Waals surface area contributed by atoms with Crippen LogP contribution in [-0.4, -0.2) is 0 Å². The average Bonchev–Trinajstić information content (AvgIpc) is 2.62. The van der Waals surface area contributed by atoms with Crippen molar-refractivity contribution in [3.63, 3.8) is 0 Å². The van der Waals surface area contributed by atoms with E-state index in [9.17, 15) is 0 Å². The minimum absolute atomic E-state index is 0.490. The summed E-state index contributed by atoms with van der Waals surface area (Å²) in [5, 5.41) is 8.50. The van der Waals surface area contributed by atoms with E-state index in [1.165, 1.54) is 11.1 Å². The summed E-state index contributed by atoms with van der Waals surface area (Å²) in [6, 6.07) is 15.8. The Kier molecular flexibility index (Phi) is 6.90. The molecule has 3 heteroatoms. The molecule has 128 valence electrons. The second-order valence-corrected chi connectivity index (χ2v) is 6.01. The summed E-state index contributed by atoms with van der Waals surface area (Å²) in [4.78, 5) is 0. The number of ether oxygens (including phenoxy) is 1. The SMILES string of the molecule is C=C/C(=C\C=C(C)C)OCc1ccc(N=Nc2ccc(C)cc2)cc1. The van der Waals surface area contributed by atoms with Gasteiger partial charge in [-0.2, -0.15) is 10.2 Å². The molecule has 0 saturated heterocycles. The van der Waals surface area contributed by atoms with E-state index >= 15 is 0 Å². The summed E-state index contributed by atoms with van der Waals surface area (Å²) in [6.45, 7) is 10.4. The van der Waals surface area contributed by atoms with E-state index in [2.05, 4.69) is 16.8 Å². The van der Waals surface area contributed by atoms with Crippen LogP contribution in [0.15, 0.2) is 94.9 Å². The third kappa shape index (κ3) is 6.60. The van der Waals surface area contributed by atoms with E-state index < -0.39 is 0 Å². The van der Waals surface area contributed by atoms with E-state index in [-0.39, 0.29) is 0 Å². The molecule has 0 amide bonds. The van der Waals surface area contributed by atoms with Gasteiger partial charge in [-0.3, -0.25) is 0 Å². The summed E-state index contributed by atoms with van der Waals surface area (Å²) in [5.41, 5.74) is 5.15. The van der Waals surface area contributed by atoms with Gasteiger partial charge in [0.2, 0.25) is 0 Å². The maximum Gasteiger partial charge on any atom is 0.119 e. The lowest BCUT2D eigenvalue weighted by Gasteiger charge is -2.06. The Labute approximate surface area is 150 Å². The Balaban J connectivity index is 1.95. The first kappa shape index (κ1) is 18.4. The molecule has 0 aliphatic rings. The van der Waals surface area contributed by atoms with E-state index in [1.54, 1.807) is 6.08 Å². The molecule has 0 radical (unpaired) electrons. The van der Waals surface area contributed by atoms with Crippen LogP contribution in [0.4, 0.5) is 11.4 Å². The number of aryl methyl sites for hydroxylation is 1. The quantitative estimate of drug-likeness (QED) is 0.306. The molecule has 0 heterocycles. The van der Waals surface area contributed by atoms with Gasteiger partial charge in [0.1, 0.15) is 12.4 Å². The van der Waals surface area contributed by atoms with Crippen molar-refractivity contribution in [2.45, 2.75) is 27.4 Å². The fourth-order valence-corrected chi connectivity index (χ4v) is 1.98. The summed E-state index contributed by atoms with van der Waals surface area (Å²) in [7, 11) is 0.